The number of hydrogen-bond acceptors (Lipinski definition) is 3. The van der Waals surface area contributed by atoms with Crippen LogP contribution in [0.4, 0.5) is 0 Å². The van der Waals surface area contributed by atoms with Crippen molar-refractivity contribution in [2.24, 2.45) is 0 Å². The molecule has 5 nitrogen and oxygen atoms in total. The number of carbonyl (C=O) groups excluding carboxylic acids is 1. The molecule has 0 saturated heterocycles. The number of nitrogens with one attached hydrogen (secondary N) is 1. The first-order valence-corrected chi connectivity index (χ1v) is 6.04. The lowest BCUT2D eigenvalue weighted by molar-refractivity contribution is 0.0938. The largest absolute Gasteiger partial charge is 0.395 e. The fourth-order valence-electron chi connectivity index (χ4n) is 1.94. The molecule has 0 aliphatic rings. The van der Waals surface area contributed by atoms with Crippen molar-refractivity contribution < 1.29 is 9.90 Å². The van der Waals surface area contributed by atoms with Gasteiger partial charge in [0.1, 0.15) is 11.3 Å². The van der Waals surface area contributed by atoms with E-state index < -0.39 is 0 Å². The number of carbonyl (C=O) groups is 1. The van der Waals surface area contributed by atoms with Crippen LogP contribution < -0.4 is 5.32 Å². The molecule has 0 saturated carbocycles. The van der Waals surface area contributed by atoms with Gasteiger partial charge in [-0.2, -0.15) is 0 Å². The number of hydrogen-bond donors (Lipinski definition) is 2. The van der Waals surface area contributed by atoms with Crippen LogP contribution in [0.15, 0.2) is 18.3 Å². The minimum atomic E-state index is -0.197. The normalized spacial score (nSPS) is 10.8. The molecule has 0 aromatic carbocycles. The van der Waals surface area contributed by atoms with Crippen LogP contribution in [0.3, 0.4) is 0 Å². The molecular formula is C13H17N3O2. The third-order valence-corrected chi connectivity index (χ3v) is 2.80. The van der Waals surface area contributed by atoms with Gasteiger partial charge in [0.2, 0.25) is 0 Å². The van der Waals surface area contributed by atoms with Gasteiger partial charge in [-0.15, -0.1) is 0 Å². The molecule has 0 spiro atoms. The van der Waals surface area contributed by atoms with Gasteiger partial charge in [0.25, 0.3) is 5.91 Å². The maximum absolute atomic E-state index is 12.1. The summed E-state index contributed by atoms with van der Waals surface area (Å²) in [5.41, 5.74) is 3.22. The lowest BCUT2D eigenvalue weighted by atomic mass is 10.2. The van der Waals surface area contributed by atoms with E-state index in [4.69, 9.17) is 5.11 Å². The monoisotopic (exact) mass is 247 g/mol. The van der Waals surface area contributed by atoms with Gasteiger partial charge in [-0.3, -0.25) is 9.20 Å². The van der Waals surface area contributed by atoms with E-state index in [1.807, 2.05) is 32.2 Å². The molecule has 0 radical (unpaired) electrons. The molecule has 5 heteroatoms. The van der Waals surface area contributed by atoms with Crippen LogP contribution in [-0.4, -0.2) is 33.6 Å². The Hall–Kier alpha value is -1.88. The van der Waals surface area contributed by atoms with Gasteiger partial charge in [-0.25, -0.2) is 4.98 Å². The van der Waals surface area contributed by atoms with Crippen LogP contribution in [0.2, 0.25) is 0 Å². The van der Waals surface area contributed by atoms with Crippen molar-refractivity contribution in [1.82, 2.24) is 14.7 Å². The summed E-state index contributed by atoms with van der Waals surface area (Å²) < 4.78 is 1.79. The zero-order valence-corrected chi connectivity index (χ0v) is 10.6. The molecule has 2 aromatic rings. The SMILES string of the molecule is CCc1nc2cc(C)ccn2c1C(=O)NCCO. The minimum absolute atomic E-state index is 0.0664. The highest BCUT2D eigenvalue weighted by molar-refractivity contribution is 5.94. The summed E-state index contributed by atoms with van der Waals surface area (Å²) in [7, 11) is 0. The molecule has 1 amide bonds. The van der Waals surface area contributed by atoms with Crippen LogP contribution in [0.25, 0.3) is 5.65 Å². The number of nitrogens with zero attached hydrogens (tertiary/aromatic N) is 2. The number of aryl methyl sites for hydroxylation is 2. The number of imidazole rings is 1. The Balaban J connectivity index is 2.49. The molecule has 2 heterocycles. The van der Waals surface area contributed by atoms with Gasteiger partial charge >= 0.3 is 0 Å². The van der Waals surface area contributed by atoms with E-state index in [-0.39, 0.29) is 19.1 Å². The Morgan fingerprint density at radius 2 is 2.33 bits per heavy atom. The molecule has 2 aromatic heterocycles. The van der Waals surface area contributed by atoms with Crippen molar-refractivity contribution in [3.63, 3.8) is 0 Å². The van der Waals surface area contributed by atoms with Gasteiger partial charge in [0.05, 0.1) is 12.3 Å². The smallest absolute Gasteiger partial charge is 0.270 e. The van der Waals surface area contributed by atoms with Gasteiger partial charge in [-0.1, -0.05) is 6.92 Å². The molecular weight excluding hydrogens is 230 g/mol. The predicted octanol–water partition coefficient (Wildman–Crippen LogP) is 0.927. The number of amides is 1. The van der Waals surface area contributed by atoms with Crippen LogP contribution in [0.1, 0.15) is 28.7 Å². The first kappa shape index (κ1) is 12.6. The third-order valence-electron chi connectivity index (χ3n) is 2.80. The zero-order valence-electron chi connectivity index (χ0n) is 10.6. The molecule has 18 heavy (non-hydrogen) atoms. The Labute approximate surface area is 105 Å². The number of aromatic nitrogens is 2. The molecule has 0 bridgehead atoms. The van der Waals surface area contributed by atoms with Gasteiger partial charge < -0.3 is 10.4 Å². The fraction of sp³-hybridized carbons (Fsp3) is 0.385. The maximum Gasteiger partial charge on any atom is 0.270 e. The van der Waals surface area contributed by atoms with Crippen molar-refractivity contribution in [3.05, 3.63) is 35.3 Å². The van der Waals surface area contributed by atoms with E-state index in [1.165, 1.54) is 0 Å². The van der Waals surface area contributed by atoms with E-state index in [0.29, 0.717) is 12.1 Å². The van der Waals surface area contributed by atoms with Crippen LogP contribution in [0.5, 0.6) is 0 Å². The number of aliphatic hydroxyl groups is 1. The summed E-state index contributed by atoms with van der Waals surface area (Å²) in [4.78, 5) is 16.5. The highest BCUT2D eigenvalue weighted by atomic mass is 16.3. The lowest BCUT2D eigenvalue weighted by Gasteiger charge is -2.05. The van der Waals surface area contributed by atoms with E-state index >= 15 is 0 Å². The maximum atomic E-state index is 12.1. The minimum Gasteiger partial charge on any atom is -0.395 e. The Kier molecular flexibility index (Phi) is 3.62. The first-order chi connectivity index (χ1) is 8.67. The summed E-state index contributed by atoms with van der Waals surface area (Å²) in [6, 6.07) is 3.89. The number of pyridine rings is 1. The quantitative estimate of drug-likeness (QED) is 0.844. The van der Waals surface area contributed by atoms with Crippen molar-refractivity contribution >= 4 is 11.6 Å². The summed E-state index contributed by atoms with van der Waals surface area (Å²) >= 11 is 0. The van der Waals surface area contributed by atoms with Crippen molar-refractivity contribution in [3.8, 4) is 0 Å². The summed E-state index contributed by atoms with van der Waals surface area (Å²) in [6.45, 7) is 4.15. The number of aliphatic hydroxyl groups excluding tert-OH is 1. The Bertz CT molecular complexity index is 575. The average molecular weight is 247 g/mol. The second-order valence-electron chi connectivity index (χ2n) is 4.17. The van der Waals surface area contributed by atoms with E-state index in [0.717, 1.165) is 16.9 Å². The van der Waals surface area contributed by atoms with Crippen molar-refractivity contribution in [2.75, 3.05) is 13.2 Å². The Morgan fingerprint density at radius 3 is 3.00 bits per heavy atom. The molecule has 0 unspecified atom stereocenters. The van der Waals surface area contributed by atoms with E-state index in [9.17, 15) is 4.79 Å². The fourth-order valence-corrected chi connectivity index (χ4v) is 1.94. The number of rotatable bonds is 4. The first-order valence-electron chi connectivity index (χ1n) is 6.04. The second-order valence-corrected chi connectivity index (χ2v) is 4.17. The highest BCUT2D eigenvalue weighted by Crippen LogP contribution is 2.14. The third kappa shape index (κ3) is 2.22. The topological polar surface area (TPSA) is 66.6 Å². The molecule has 0 aliphatic carbocycles. The number of fused-ring (bicyclic) bond motifs is 1. The molecule has 0 atom stereocenters. The molecule has 2 rings (SSSR count). The molecule has 0 fully saturated rings. The standard InChI is InChI=1S/C13H17N3O2/c1-3-10-12(13(18)14-5-7-17)16-6-4-9(2)8-11(16)15-10/h4,6,8,17H,3,5,7H2,1-2H3,(H,14,18). The van der Waals surface area contributed by atoms with Crippen LogP contribution >= 0.6 is 0 Å². The zero-order chi connectivity index (χ0) is 13.1. The highest BCUT2D eigenvalue weighted by Gasteiger charge is 2.17. The molecule has 96 valence electrons. The van der Waals surface area contributed by atoms with Crippen molar-refractivity contribution in [2.45, 2.75) is 20.3 Å². The van der Waals surface area contributed by atoms with Crippen molar-refractivity contribution in [1.29, 1.82) is 0 Å². The van der Waals surface area contributed by atoms with Gasteiger partial charge in [0.15, 0.2) is 0 Å². The lowest BCUT2D eigenvalue weighted by Crippen LogP contribution is -2.28. The van der Waals surface area contributed by atoms with E-state index in [2.05, 4.69) is 10.3 Å². The summed E-state index contributed by atoms with van der Waals surface area (Å²) in [5.74, 6) is -0.197. The summed E-state index contributed by atoms with van der Waals surface area (Å²) in [5, 5.41) is 11.4. The average Bonchev–Trinajstić information content (AvgIpc) is 2.73. The predicted molar refractivity (Wildman–Crippen MR) is 68.7 cm³/mol. The van der Waals surface area contributed by atoms with Crippen LogP contribution in [-0.2, 0) is 6.42 Å². The molecule has 2 N–H and O–H groups in total. The van der Waals surface area contributed by atoms with Gasteiger partial charge in [-0.05, 0) is 31.0 Å². The second kappa shape index (κ2) is 5.18. The van der Waals surface area contributed by atoms with Gasteiger partial charge in [0, 0.05) is 12.7 Å². The van der Waals surface area contributed by atoms with E-state index in [1.54, 1.807) is 4.40 Å². The molecule has 0 aliphatic heterocycles. The Morgan fingerprint density at radius 1 is 1.56 bits per heavy atom. The summed E-state index contributed by atoms with van der Waals surface area (Å²) in [6.07, 6.45) is 2.55. The van der Waals surface area contributed by atoms with Crippen LogP contribution in [0, 0.1) is 6.92 Å².